The van der Waals surface area contributed by atoms with E-state index in [-0.39, 0.29) is 5.91 Å². The number of nitrogens with zero attached hydrogens (tertiary/aromatic N) is 5. The van der Waals surface area contributed by atoms with Crippen LogP contribution < -0.4 is 5.32 Å². The molecule has 1 N–H and O–H groups in total. The standard InChI is InChI=1S/C20H28N6O/c27-20(25-10-4-7-18(15-25)17-5-2-1-3-6-17)19-16-26(23-22-19)14-13-24-11-8-21-9-12-24/h1-3,5-6,16,18,21H,4,7-15H2/t18-/m0/s1. The maximum atomic E-state index is 12.9. The molecule has 2 aromatic rings. The number of amides is 1. The van der Waals surface area contributed by atoms with Crippen molar-refractivity contribution in [3.63, 3.8) is 0 Å². The lowest BCUT2D eigenvalue weighted by atomic mass is 9.90. The van der Waals surface area contributed by atoms with E-state index in [1.165, 1.54) is 5.56 Å². The molecular formula is C20H28N6O. The number of piperidine rings is 1. The largest absolute Gasteiger partial charge is 0.337 e. The monoisotopic (exact) mass is 368 g/mol. The van der Waals surface area contributed by atoms with Crippen LogP contribution in [0.5, 0.6) is 0 Å². The smallest absolute Gasteiger partial charge is 0.276 e. The van der Waals surface area contributed by atoms with Gasteiger partial charge in [0, 0.05) is 51.7 Å². The molecule has 2 aliphatic rings. The zero-order valence-corrected chi connectivity index (χ0v) is 15.8. The van der Waals surface area contributed by atoms with Crippen LogP contribution in [0, 0.1) is 0 Å². The maximum Gasteiger partial charge on any atom is 0.276 e. The molecule has 1 aromatic carbocycles. The third kappa shape index (κ3) is 4.54. The molecule has 2 fully saturated rings. The summed E-state index contributed by atoms with van der Waals surface area (Å²) in [5.74, 6) is 0.413. The second-order valence-corrected chi connectivity index (χ2v) is 7.46. The Balaban J connectivity index is 1.34. The number of likely N-dealkylation sites (tertiary alicyclic amines) is 1. The topological polar surface area (TPSA) is 66.3 Å². The van der Waals surface area contributed by atoms with Crippen LogP contribution in [0.1, 0.15) is 34.8 Å². The second-order valence-electron chi connectivity index (χ2n) is 7.46. The van der Waals surface area contributed by atoms with E-state index < -0.39 is 0 Å². The molecule has 1 aromatic heterocycles. The normalized spacial score (nSPS) is 21.3. The number of nitrogens with one attached hydrogen (secondary N) is 1. The van der Waals surface area contributed by atoms with Gasteiger partial charge in [0.25, 0.3) is 5.91 Å². The Bertz CT molecular complexity index is 740. The van der Waals surface area contributed by atoms with Crippen molar-refractivity contribution in [3.05, 3.63) is 47.8 Å². The zero-order chi connectivity index (χ0) is 18.5. The molecule has 0 radical (unpaired) electrons. The van der Waals surface area contributed by atoms with Gasteiger partial charge in [-0.1, -0.05) is 35.5 Å². The summed E-state index contributed by atoms with van der Waals surface area (Å²) in [5, 5.41) is 11.7. The Hall–Kier alpha value is -2.25. The molecule has 144 valence electrons. The number of carbonyl (C=O) groups is 1. The van der Waals surface area contributed by atoms with Gasteiger partial charge in [-0.05, 0) is 18.4 Å². The number of piperazine rings is 1. The van der Waals surface area contributed by atoms with Crippen LogP contribution in [-0.2, 0) is 6.54 Å². The molecule has 7 nitrogen and oxygen atoms in total. The first-order chi connectivity index (χ1) is 13.3. The van der Waals surface area contributed by atoms with Crippen LogP contribution in [0.4, 0.5) is 0 Å². The number of hydrogen-bond donors (Lipinski definition) is 1. The molecule has 2 saturated heterocycles. The minimum atomic E-state index is 0.00375. The van der Waals surface area contributed by atoms with Crippen LogP contribution in [0.3, 0.4) is 0 Å². The summed E-state index contributed by atoms with van der Waals surface area (Å²) < 4.78 is 1.80. The fraction of sp³-hybridized carbons (Fsp3) is 0.550. The molecule has 0 bridgehead atoms. The van der Waals surface area contributed by atoms with Gasteiger partial charge in [-0.2, -0.15) is 0 Å². The van der Waals surface area contributed by atoms with Crippen LogP contribution in [0.2, 0.25) is 0 Å². The molecular weight excluding hydrogens is 340 g/mol. The summed E-state index contributed by atoms with van der Waals surface area (Å²) in [6, 6.07) is 10.5. The van der Waals surface area contributed by atoms with Crippen LogP contribution >= 0.6 is 0 Å². The summed E-state index contributed by atoms with van der Waals surface area (Å²) in [6.45, 7) is 7.49. The molecule has 0 saturated carbocycles. The van der Waals surface area contributed by atoms with Crippen molar-refractivity contribution >= 4 is 5.91 Å². The van der Waals surface area contributed by atoms with Crippen molar-refractivity contribution in [2.24, 2.45) is 0 Å². The van der Waals surface area contributed by atoms with E-state index in [1.807, 2.05) is 11.0 Å². The fourth-order valence-electron chi connectivity index (χ4n) is 4.01. The van der Waals surface area contributed by atoms with Crippen molar-refractivity contribution in [2.75, 3.05) is 45.8 Å². The number of carbonyl (C=O) groups excluding carboxylic acids is 1. The Labute approximate surface area is 160 Å². The van der Waals surface area contributed by atoms with Gasteiger partial charge in [-0.25, -0.2) is 0 Å². The number of rotatable bonds is 5. The van der Waals surface area contributed by atoms with E-state index >= 15 is 0 Å². The molecule has 4 rings (SSSR count). The van der Waals surface area contributed by atoms with Gasteiger partial charge in [0.2, 0.25) is 0 Å². The average Bonchev–Trinajstić information content (AvgIpc) is 3.22. The lowest BCUT2D eigenvalue weighted by molar-refractivity contribution is 0.0701. The summed E-state index contributed by atoms with van der Waals surface area (Å²) in [4.78, 5) is 17.2. The molecule has 27 heavy (non-hydrogen) atoms. The van der Waals surface area contributed by atoms with Crippen LogP contribution in [0.25, 0.3) is 0 Å². The average molecular weight is 368 g/mol. The molecule has 0 unspecified atom stereocenters. The van der Waals surface area contributed by atoms with Crippen molar-refractivity contribution in [2.45, 2.75) is 25.3 Å². The summed E-state index contributed by atoms with van der Waals surface area (Å²) in [6.07, 6.45) is 3.96. The van der Waals surface area contributed by atoms with E-state index in [4.69, 9.17) is 0 Å². The highest BCUT2D eigenvalue weighted by Crippen LogP contribution is 2.27. The third-order valence-corrected chi connectivity index (χ3v) is 5.59. The molecule has 1 atom stereocenters. The van der Waals surface area contributed by atoms with Crippen molar-refractivity contribution < 1.29 is 4.79 Å². The fourth-order valence-corrected chi connectivity index (χ4v) is 4.01. The van der Waals surface area contributed by atoms with E-state index in [0.29, 0.717) is 11.6 Å². The minimum Gasteiger partial charge on any atom is -0.337 e. The van der Waals surface area contributed by atoms with Crippen LogP contribution in [-0.4, -0.2) is 76.5 Å². The first kappa shape index (κ1) is 18.1. The van der Waals surface area contributed by atoms with Gasteiger partial charge in [-0.3, -0.25) is 14.4 Å². The second kappa shape index (κ2) is 8.63. The Morgan fingerprint density at radius 1 is 1.11 bits per heavy atom. The third-order valence-electron chi connectivity index (χ3n) is 5.59. The molecule has 7 heteroatoms. The van der Waals surface area contributed by atoms with E-state index in [9.17, 15) is 4.79 Å². The predicted molar refractivity (Wildman–Crippen MR) is 104 cm³/mol. The number of aromatic nitrogens is 3. The van der Waals surface area contributed by atoms with Gasteiger partial charge in [-0.15, -0.1) is 5.10 Å². The lowest BCUT2D eigenvalue weighted by Crippen LogP contribution is -2.44. The van der Waals surface area contributed by atoms with Gasteiger partial charge < -0.3 is 10.2 Å². The number of benzene rings is 1. The molecule has 3 heterocycles. The zero-order valence-electron chi connectivity index (χ0n) is 15.8. The molecule has 1 amide bonds. The number of hydrogen-bond acceptors (Lipinski definition) is 5. The lowest BCUT2D eigenvalue weighted by Gasteiger charge is -2.32. The van der Waals surface area contributed by atoms with Crippen molar-refractivity contribution in [1.82, 2.24) is 30.1 Å². The maximum absolute atomic E-state index is 12.9. The minimum absolute atomic E-state index is 0.00375. The van der Waals surface area contributed by atoms with E-state index in [0.717, 1.165) is 65.2 Å². The SMILES string of the molecule is O=C(c1cn(CCN2CCNCC2)nn1)N1CCC[C@H](c2ccccc2)C1. The highest BCUT2D eigenvalue weighted by atomic mass is 16.2. The highest BCUT2D eigenvalue weighted by Gasteiger charge is 2.27. The first-order valence-electron chi connectivity index (χ1n) is 9.97. The Kier molecular flexibility index (Phi) is 5.79. The van der Waals surface area contributed by atoms with Crippen molar-refractivity contribution in [3.8, 4) is 0 Å². The molecule has 0 aliphatic carbocycles. The van der Waals surface area contributed by atoms with Gasteiger partial charge in [0.1, 0.15) is 0 Å². The Morgan fingerprint density at radius 2 is 1.93 bits per heavy atom. The summed E-state index contributed by atoms with van der Waals surface area (Å²) >= 11 is 0. The van der Waals surface area contributed by atoms with Gasteiger partial charge >= 0.3 is 0 Å². The Morgan fingerprint density at radius 3 is 2.74 bits per heavy atom. The highest BCUT2D eigenvalue weighted by molar-refractivity contribution is 5.92. The summed E-state index contributed by atoms with van der Waals surface area (Å²) in [7, 11) is 0. The predicted octanol–water partition coefficient (Wildman–Crippen LogP) is 1.20. The van der Waals surface area contributed by atoms with Gasteiger partial charge in [0.05, 0.1) is 12.7 Å². The summed E-state index contributed by atoms with van der Waals surface area (Å²) in [5.41, 5.74) is 1.78. The van der Waals surface area contributed by atoms with Crippen molar-refractivity contribution in [1.29, 1.82) is 0 Å². The first-order valence-corrected chi connectivity index (χ1v) is 9.97. The van der Waals surface area contributed by atoms with E-state index in [1.54, 1.807) is 10.9 Å². The quantitative estimate of drug-likeness (QED) is 0.859. The van der Waals surface area contributed by atoms with Crippen LogP contribution in [0.15, 0.2) is 36.5 Å². The van der Waals surface area contributed by atoms with Gasteiger partial charge in [0.15, 0.2) is 5.69 Å². The van der Waals surface area contributed by atoms with E-state index in [2.05, 4.69) is 44.8 Å². The molecule has 2 aliphatic heterocycles. The molecule has 0 spiro atoms.